The Morgan fingerprint density at radius 2 is 1.37 bits per heavy atom. The molecule has 51 heavy (non-hydrogen) atoms. The van der Waals surface area contributed by atoms with Crippen molar-refractivity contribution in [2.45, 2.75) is 60.4 Å². The second-order valence-corrected chi connectivity index (χ2v) is 14.8. The van der Waals surface area contributed by atoms with E-state index in [4.69, 9.17) is 4.74 Å². The van der Waals surface area contributed by atoms with Crippen molar-refractivity contribution < 1.29 is 57.4 Å². The fourth-order valence-electron chi connectivity index (χ4n) is 6.77. The first-order chi connectivity index (χ1) is 24.3. The molecule has 2 heterocycles. The Balaban J connectivity index is 1.42. The molecular formula is C37H37F2NO10S. The smallest absolute Gasteiger partial charge is 0.233 e. The monoisotopic (exact) mass is 725 g/mol. The van der Waals surface area contributed by atoms with Crippen molar-refractivity contribution in [3.63, 3.8) is 0 Å². The Hall–Kier alpha value is -4.28. The van der Waals surface area contributed by atoms with Gasteiger partial charge in [0.1, 0.15) is 47.9 Å². The molecule has 6 N–H and O–H groups in total. The average molecular weight is 726 g/mol. The first kappa shape index (κ1) is 36.5. The van der Waals surface area contributed by atoms with Crippen LogP contribution in [0.1, 0.15) is 36.1 Å². The van der Waals surface area contributed by atoms with Gasteiger partial charge in [0.25, 0.3) is 0 Å². The summed E-state index contributed by atoms with van der Waals surface area (Å²) >= 11 is 0. The molecular weight excluding hydrogens is 688 g/mol. The molecule has 0 saturated carbocycles. The number of sulfone groups is 1. The van der Waals surface area contributed by atoms with Gasteiger partial charge in [-0.05, 0) is 89.7 Å². The third-order valence-corrected chi connectivity index (χ3v) is 11.4. The van der Waals surface area contributed by atoms with Crippen LogP contribution in [-0.2, 0) is 19.4 Å². The van der Waals surface area contributed by atoms with E-state index >= 15 is 0 Å². The van der Waals surface area contributed by atoms with Crippen LogP contribution < -0.4 is 4.90 Å². The number of aliphatic hydroxyl groups excluding tert-OH is 5. The molecule has 0 radical (unpaired) electrons. The lowest BCUT2D eigenvalue weighted by Crippen LogP contribution is -2.60. The largest absolute Gasteiger partial charge is 0.508 e. The lowest BCUT2D eigenvalue weighted by atomic mass is 9.78. The van der Waals surface area contributed by atoms with Gasteiger partial charge >= 0.3 is 0 Å². The van der Waals surface area contributed by atoms with Gasteiger partial charge in [-0.3, -0.25) is 4.79 Å². The number of nitrogens with zero attached hydrogens (tertiary/aromatic N) is 1. The van der Waals surface area contributed by atoms with E-state index in [2.05, 4.69) is 0 Å². The molecule has 14 heteroatoms. The molecule has 0 spiro atoms. The molecule has 0 aliphatic carbocycles. The summed E-state index contributed by atoms with van der Waals surface area (Å²) in [5.74, 6) is -3.19. The van der Waals surface area contributed by atoms with Crippen LogP contribution in [0.3, 0.4) is 0 Å². The molecule has 2 aliphatic heterocycles. The lowest BCUT2D eigenvalue weighted by molar-refractivity contribution is -0.223. The van der Waals surface area contributed by atoms with Crippen LogP contribution in [-0.4, -0.2) is 87.8 Å². The number of ether oxygens (including phenoxy) is 1. The van der Waals surface area contributed by atoms with Gasteiger partial charge in [0.2, 0.25) is 5.91 Å². The molecule has 2 aliphatic rings. The van der Waals surface area contributed by atoms with Gasteiger partial charge in [-0.15, -0.1) is 0 Å². The highest BCUT2D eigenvalue weighted by Crippen LogP contribution is 2.49. The number of β-lactam (4-membered cyclic amide) rings is 1. The van der Waals surface area contributed by atoms with Gasteiger partial charge in [-0.1, -0.05) is 36.4 Å². The maximum Gasteiger partial charge on any atom is 0.233 e. The number of phenolic OH excluding ortho intramolecular Hbond substituents is 1. The van der Waals surface area contributed by atoms with Crippen molar-refractivity contribution in [2.75, 3.05) is 17.3 Å². The van der Waals surface area contributed by atoms with Crippen LogP contribution in [0, 0.1) is 17.6 Å². The number of halogens is 2. The molecule has 4 aromatic rings. The number of phenols is 1. The number of aliphatic hydroxyl groups is 5. The number of carbonyl (C=O) groups is 1. The van der Waals surface area contributed by atoms with E-state index in [9.17, 15) is 52.6 Å². The fourth-order valence-corrected chi connectivity index (χ4v) is 8.51. The maximum absolute atomic E-state index is 14.4. The van der Waals surface area contributed by atoms with Crippen LogP contribution in [0.15, 0.2) is 95.9 Å². The first-order valence-corrected chi connectivity index (χ1v) is 17.9. The minimum atomic E-state index is -4.48. The lowest BCUT2D eigenvalue weighted by Gasteiger charge is -2.48. The van der Waals surface area contributed by atoms with Gasteiger partial charge in [-0.2, -0.15) is 0 Å². The number of amides is 1. The normalized spacial score (nSPS) is 25.7. The van der Waals surface area contributed by atoms with E-state index in [1.165, 1.54) is 59.5 Å². The topological polar surface area (TPSA) is 185 Å². The zero-order valence-corrected chi connectivity index (χ0v) is 27.9. The van der Waals surface area contributed by atoms with E-state index in [0.29, 0.717) is 22.4 Å². The zero-order valence-electron chi connectivity index (χ0n) is 27.0. The van der Waals surface area contributed by atoms with Crippen molar-refractivity contribution >= 4 is 21.4 Å². The highest BCUT2D eigenvalue weighted by Gasteiger charge is 2.51. The van der Waals surface area contributed by atoms with Crippen molar-refractivity contribution in [1.82, 2.24) is 0 Å². The highest BCUT2D eigenvalue weighted by molar-refractivity contribution is 7.91. The van der Waals surface area contributed by atoms with Gasteiger partial charge in [0.05, 0.1) is 35.3 Å². The second-order valence-electron chi connectivity index (χ2n) is 12.8. The minimum absolute atomic E-state index is 0.0144. The average Bonchev–Trinajstić information content (AvgIpc) is 3.12. The number of anilines is 1. The predicted octanol–water partition coefficient (Wildman–Crippen LogP) is 3.17. The highest BCUT2D eigenvalue weighted by atomic mass is 32.2. The molecule has 4 aromatic carbocycles. The summed E-state index contributed by atoms with van der Waals surface area (Å²) in [5, 5.41) is 61.7. The number of rotatable bonds is 11. The summed E-state index contributed by atoms with van der Waals surface area (Å²) in [4.78, 5) is 14.9. The van der Waals surface area contributed by atoms with Crippen molar-refractivity contribution in [2.24, 2.45) is 5.92 Å². The summed E-state index contributed by atoms with van der Waals surface area (Å²) in [6.07, 6.45) is -9.16. The Morgan fingerprint density at radius 3 is 2.00 bits per heavy atom. The number of hydrogen-bond acceptors (Lipinski definition) is 10. The first-order valence-electron chi connectivity index (χ1n) is 16.3. The SMILES string of the molecule is O=C1[C@H](CC[C@H](O)c2ccc(F)cc2)[C@@H](c2ccc(-c3ccc(O)cc3)cc2S(=O)(=O)CC2O[C@H](CO)[C@@H](O)[C@H](O)[C@H]2O)N1c1ccc(F)cc1. The summed E-state index contributed by atoms with van der Waals surface area (Å²) in [6.45, 7) is -0.759. The Kier molecular flexibility index (Phi) is 10.6. The van der Waals surface area contributed by atoms with Crippen LogP contribution in [0.2, 0.25) is 0 Å². The maximum atomic E-state index is 14.4. The fraction of sp³-hybridized carbons (Fsp3) is 0.324. The van der Waals surface area contributed by atoms with E-state index in [-0.39, 0.29) is 29.1 Å². The molecule has 270 valence electrons. The van der Waals surface area contributed by atoms with Crippen LogP contribution in [0.4, 0.5) is 14.5 Å². The van der Waals surface area contributed by atoms with E-state index in [1.807, 2.05) is 0 Å². The quantitative estimate of drug-likeness (QED) is 0.126. The molecule has 6 rings (SSSR count). The van der Waals surface area contributed by atoms with Crippen molar-refractivity contribution in [3.8, 4) is 16.9 Å². The number of benzene rings is 4. The molecule has 8 atom stereocenters. The van der Waals surface area contributed by atoms with Crippen LogP contribution >= 0.6 is 0 Å². The second kappa shape index (κ2) is 14.8. The zero-order chi connectivity index (χ0) is 36.6. The molecule has 0 aromatic heterocycles. The number of carbonyl (C=O) groups excluding carboxylic acids is 1. The van der Waals surface area contributed by atoms with Crippen molar-refractivity contribution in [1.29, 1.82) is 0 Å². The molecule has 2 saturated heterocycles. The molecule has 1 amide bonds. The van der Waals surface area contributed by atoms with Crippen LogP contribution in [0.5, 0.6) is 5.75 Å². The van der Waals surface area contributed by atoms with Gasteiger partial charge in [0.15, 0.2) is 9.84 Å². The van der Waals surface area contributed by atoms with E-state index < -0.39 is 88.3 Å². The van der Waals surface area contributed by atoms with Gasteiger partial charge in [-0.25, -0.2) is 17.2 Å². The Bertz CT molecular complexity index is 1960. The van der Waals surface area contributed by atoms with Gasteiger partial charge in [0, 0.05) is 5.69 Å². The molecule has 2 fully saturated rings. The number of hydrogen-bond donors (Lipinski definition) is 6. The minimum Gasteiger partial charge on any atom is -0.508 e. The molecule has 1 unspecified atom stereocenters. The number of aromatic hydroxyl groups is 1. The summed E-state index contributed by atoms with van der Waals surface area (Å²) in [7, 11) is -4.48. The van der Waals surface area contributed by atoms with Crippen LogP contribution in [0.25, 0.3) is 11.1 Å². The standard InChI is InChI=1S/C37H37F2NO10S/c38-23-6-1-21(2-7-23)29(43)16-15-28-33(40(37(28)47)25-10-8-24(39)9-11-25)27-14-5-22(20-3-12-26(42)13-4-20)17-32(27)51(48,49)19-31-35(45)36(46)34(44)30(18-41)50-31/h1-14,17,28-31,33-36,41-46H,15-16,18-19H2/t28-,29+,30-,31?,33-,34-,35+,36+/m1/s1. The predicted molar refractivity (Wildman–Crippen MR) is 180 cm³/mol. The van der Waals surface area contributed by atoms with Crippen molar-refractivity contribution in [3.05, 3.63) is 114 Å². The summed E-state index contributed by atoms with van der Waals surface area (Å²) in [5.41, 5.74) is 1.86. The molecule has 11 nitrogen and oxygen atoms in total. The van der Waals surface area contributed by atoms with E-state index in [1.54, 1.807) is 24.3 Å². The molecule has 0 bridgehead atoms. The third kappa shape index (κ3) is 7.39. The summed E-state index contributed by atoms with van der Waals surface area (Å²) < 4.78 is 61.8. The van der Waals surface area contributed by atoms with E-state index in [0.717, 1.165) is 12.1 Å². The Morgan fingerprint density at radius 1 is 0.784 bits per heavy atom. The Labute approximate surface area is 292 Å². The third-order valence-electron chi connectivity index (χ3n) is 9.57. The summed E-state index contributed by atoms with van der Waals surface area (Å²) in [6, 6.07) is 20.0. The van der Waals surface area contributed by atoms with Gasteiger partial charge < -0.3 is 40.3 Å².